The van der Waals surface area contributed by atoms with E-state index in [2.05, 4.69) is 40.8 Å². The minimum atomic E-state index is 0.117. The number of rotatable bonds is 6. The molecule has 112 valence electrons. The van der Waals surface area contributed by atoms with Crippen LogP contribution in [0.3, 0.4) is 0 Å². The van der Waals surface area contributed by atoms with E-state index >= 15 is 0 Å². The molecule has 2 heterocycles. The van der Waals surface area contributed by atoms with Gasteiger partial charge in [0.2, 0.25) is 5.91 Å². The molecule has 20 heavy (non-hydrogen) atoms. The van der Waals surface area contributed by atoms with Gasteiger partial charge >= 0.3 is 0 Å². The maximum absolute atomic E-state index is 12.3. The summed E-state index contributed by atoms with van der Waals surface area (Å²) in [6.07, 6.45) is 1.13. The minimum Gasteiger partial charge on any atom is -0.347 e. The minimum absolute atomic E-state index is 0.117. The smallest absolute Gasteiger partial charge is 0.234 e. The summed E-state index contributed by atoms with van der Waals surface area (Å²) in [7, 11) is 2.03. The van der Waals surface area contributed by atoms with Crippen LogP contribution in [0.15, 0.2) is 17.5 Å². The first-order valence-corrected chi connectivity index (χ1v) is 8.19. The molecule has 1 aliphatic heterocycles. The molecule has 0 spiro atoms. The number of nitrogens with one attached hydrogen (secondary N) is 2. The zero-order valence-electron chi connectivity index (χ0n) is 12.6. The van der Waals surface area contributed by atoms with Crippen molar-refractivity contribution in [1.82, 2.24) is 15.5 Å². The molecule has 1 aromatic heterocycles. The highest BCUT2D eigenvalue weighted by atomic mass is 32.1. The Hall–Kier alpha value is -0.910. The molecule has 0 radical (unpaired) electrons. The van der Waals surface area contributed by atoms with E-state index in [1.807, 2.05) is 13.1 Å². The number of likely N-dealkylation sites (N-methyl/N-ethyl adjacent to an activating group) is 1. The third kappa shape index (κ3) is 4.04. The number of hydrogen-bond acceptors (Lipinski definition) is 4. The fourth-order valence-electron chi connectivity index (χ4n) is 2.62. The van der Waals surface area contributed by atoms with Gasteiger partial charge in [-0.25, -0.2) is 0 Å². The molecule has 1 aromatic rings. The van der Waals surface area contributed by atoms with Crippen molar-refractivity contribution in [3.63, 3.8) is 0 Å². The molecule has 1 fully saturated rings. The molecule has 0 bridgehead atoms. The largest absolute Gasteiger partial charge is 0.347 e. The highest BCUT2D eigenvalue weighted by Crippen LogP contribution is 2.25. The Bertz CT molecular complexity index is 413. The SMILES string of the molecule is CC(C)C(NC(=O)CN(C)C1CCNC1)c1cccs1. The van der Waals surface area contributed by atoms with Gasteiger partial charge in [0.25, 0.3) is 0 Å². The third-order valence-electron chi connectivity index (χ3n) is 3.88. The summed E-state index contributed by atoms with van der Waals surface area (Å²) >= 11 is 1.71. The molecular formula is C15H25N3OS. The Labute approximate surface area is 125 Å². The van der Waals surface area contributed by atoms with Gasteiger partial charge in [0.15, 0.2) is 0 Å². The van der Waals surface area contributed by atoms with Crippen LogP contribution in [0.1, 0.15) is 31.2 Å². The van der Waals surface area contributed by atoms with Crippen LogP contribution in [0, 0.1) is 5.92 Å². The fraction of sp³-hybridized carbons (Fsp3) is 0.667. The predicted octanol–water partition coefficient (Wildman–Crippen LogP) is 1.86. The molecule has 4 nitrogen and oxygen atoms in total. The van der Waals surface area contributed by atoms with Crippen LogP contribution in [0.5, 0.6) is 0 Å². The molecule has 0 saturated carbocycles. The molecule has 1 saturated heterocycles. The van der Waals surface area contributed by atoms with E-state index in [1.54, 1.807) is 11.3 Å². The summed E-state index contributed by atoms with van der Waals surface area (Å²) in [5.74, 6) is 0.516. The van der Waals surface area contributed by atoms with Crippen molar-refractivity contribution in [3.05, 3.63) is 22.4 Å². The van der Waals surface area contributed by atoms with Crippen LogP contribution in [0.4, 0.5) is 0 Å². The first kappa shape index (κ1) is 15.5. The van der Waals surface area contributed by atoms with Crippen molar-refractivity contribution >= 4 is 17.2 Å². The van der Waals surface area contributed by atoms with Gasteiger partial charge in [-0.3, -0.25) is 9.69 Å². The summed E-state index contributed by atoms with van der Waals surface area (Å²) in [6.45, 7) is 6.81. The normalized spacial score (nSPS) is 20.6. The van der Waals surface area contributed by atoms with E-state index in [-0.39, 0.29) is 11.9 Å². The number of nitrogens with zero attached hydrogens (tertiary/aromatic N) is 1. The van der Waals surface area contributed by atoms with Crippen LogP contribution in [0.2, 0.25) is 0 Å². The van der Waals surface area contributed by atoms with Gasteiger partial charge in [-0.2, -0.15) is 0 Å². The Morgan fingerprint density at radius 2 is 2.40 bits per heavy atom. The van der Waals surface area contributed by atoms with E-state index in [0.29, 0.717) is 18.5 Å². The van der Waals surface area contributed by atoms with Crippen LogP contribution >= 0.6 is 11.3 Å². The van der Waals surface area contributed by atoms with Gasteiger partial charge < -0.3 is 10.6 Å². The van der Waals surface area contributed by atoms with Crippen molar-refractivity contribution in [2.75, 3.05) is 26.7 Å². The van der Waals surface area contributed by atoms with E-state index in [0.717, 1.165) is 19.5 Å². The van der Waals surface area contributed by atoms with Crippen molar-refractivity contribution in [2.24, 2.45) is 5.92 Å². The Morgan fingerprint density at radius 3 is 2.95 bits per heavy atom. The van der Waals surface area contributed by atoms with E-state index in [1.165, 1.54) is 4.88 Å². The Morgan fingerprint density at radius 1 is 1.60 bits per heavy atom. The molecule has 2 atom stereocenters. The zero-order valence-corrected chi connectivity index (χ0v) is 13.4. The zero-order chi connectivity index (χ0) is 14.5. The monoisotopic (exact) mass is 295 g/mol. The topological polar surface area (TPSA) is 44.4 Å². The first-order chi connectivity index (χ1) is 9.58. The summed E-state index contributed by atoms with van der Waals surface area (Å²) in [4.78, 5) is 15.6. The number of amides is 1. The number of carbonyl (C=O) groups is 1. The predicted molar refractivity (Wildman–Crippen MR) is 83.9 cm³/mol. The number of hydrogen-bond donors (Lipinski definition) is 2. The Balaban J connectivity index is 1.88. The van der Waals surface area contributed by atoms with Gasteiger partial charge in [-0.1, -0.05) is 19.9 Å². The molecule has 1 amide bonds. The highest BCUT2D eigenvalue weighted by molar-refractivity contribution is 7.10. The highest BCUT2D eigenvalue weighted by Gasteiger charge is 2.23. The molecule has 2 unspecified atom stereocenters. The first-order valence-electron chi connectivity index (χ1n) is 7.31. The lowest BCUT2D eigenvalue weighted by atomic mass is 10.0. The van der Waals surface area contributed by atoms with Crippen molar-refractivity contribution in [1.29, 1.82) is 0 Å². The van der Waals surface area contributed by atoms with Crippen molar-refractivity contribution < 1.29 is 4.79 Å². The van der Waals surface area contributed by atoms with Crippen LogP contribution in [-0.4, -0.2) is 43.5 Å². The third-order valence-corrected chi connectivity index (χ3v) is 4.84. The van der Waals surface area contributed by atoms with Gasteiger partial charge in [0, 0.05) is 17.5 Å². The number of thiophene rings is 1. The lowest BCUT2D eigenvalue weighted by molar-refractivity contribution is -0.123. The second-order valence-corrected chi connectivity index (χ2v) is 6.85. The average molecular weight is 295 g/mol. The fourth-order valence-corrected chi connectivity index (χ4v) is 3.57. The molecule has 2 rings (SSSR count). The van der Waals surface area contributed by atoms with Crippen LogP contribution in [0.25, 0.3) is 0 Å². The Kier molecular flexibility index (Phi) is 5.57. The van der Waals surface area contributed by atoms with E-state index in [9.17, 15) is 4.79 Å². The summed E-state index contributed by atoms with van der Waals surface area (Å²) in [6, 6.07) is 4.75. The lowest BCUT2D eigenvalue weighted by Gasteiger charge is -2.26. The molecule has 1 aliphatic rings. The molecule has 0 aromatic carbocycles. The molecular weight excluding hydrogens is 270 g/mol. The van der Waals surface area contributed by atoms with E-state index in [4.69, 9.17) is 0 Å². The maximum Gasteiger partial charge on any atom is 0.234 e. The molecule has 0 aliphatic carbocycles. The number of carbonyl (C=O) groups excluding carboxylic acids is 1. The van der Waals surface area contributed by atoms with E-state index < -0.39 is 0 Å². The van der Waals surface area contributed by atoms with Crippen molar-refractivity contribution in [3.8, 4) is 0 Å². The quantitative estimate of drug-likeness (QED) is 0.842. The summed E-state index contributed by atoms with van der Waals surface area (Å²) in [5.41, 5.74) is 0. The summed E-state index contributed by atoms with van der Waals surface area (Å²) in [5, 5.41) is 8.58. The standard InChI is InChI=1S/C15H25N3OS/c1-11(2)15(13-5-4-8-20-13)17-14(19)10-18(3)12-6-7-16-9-12/h4-5,8,11-12,15-16H,6-7,9-10H2,1-3H3,(H,17,19). The maximum atomic E-state index is 12.3. The second-order valence-electron chi connectivity index (χ2n) is 5.87. The van der Waals surface area contributed by atoms with Crippen molar-refractivity contribution in [2.45, 2.75) is 32.4 Å². The summed E-state index contributed by atoms with van der Waals surface area (Å²) < 4.78 is 0. The van der Waals surface area contributed by atoms with Gasteiger partial charge in [-0.05, 0) is 37.4 Å². The molecule has 2 N–H and O–H groups in total. The van der Waals surface area contributed by atoms with Crippen LogP contribution in [-0.2, 0) is 4.79 Å². The lowest BCUT2D eigenvalue weighted by Crippen LogP contribution is -2.43. The van der Waals surface area contributed by atoms with Crippen LogP contribution < -0.4 is 10.6 Å². The van der Waals surface area contributed by atoms with Gasteiger partial charge in [0.1, 0.15) is 0 Å². The molecule has 5 heteroatoms. The van der Waals surface area contributed by atoms with Gasteiger partial charge in [-0.15, -0.1) is 11.3 Å². The average Bonchev–Trinajstić information content (AvgIpc) is 3.08. The second kappa shape index (κ2) is 7.20. The van der Waals surface area contributed by atoms with Gasteiger partial charge in [0.05, 0.1) is 12.6 Å².